The highest BCUT2D eigenvalue weighted by molar-refractivity contribution is 5.71. The molecule has 0 rings (SSSR count). The predicted molar refractivity (Wildman–Crippen MR) is 31.5 cm³/mol. The summed E-state index contributed by atoms with van der Waals surface area (Å²) in [4.78, 5) is 10.5. The Morgan fingerprint density at radius 1 is 1.75 bits per heavy atom. The standard InChI is InChI=1S/C6H12O2/c1-4-5(2)6(7)8-3/h5H,4H2,1-3H3/t5-/m0/s1. The van der Waals surface area contributed by atoms with Gasteiger partial charge in [-0.2, -0.15) is 0 Å². The summed E-state index contributed by atoms with van der Waals surface area (Å²) >= 11 is 0. The number of ether oxygens (including phenoxy) is 1. The Labute approximate surface area is 49.8 Å². The van der Waals surface area contributed by atoms with E-state index in [-0.39, 0.29) is 11.9 Å². The fraction of sp³-hybridized carbons (Fsp3) is 0.833. The van der Waals surface area contributed by atoms with Gasteiger partial charge in [0, 0.05) is 0 Å². The van der Waals surface area contributed by atoms with Crippen molar-refractivity contribution in [1.29, 1.82) is 0 Å². The summed E-state index contributed by atoms with van der Waals surface area (Å²) in [6.07, 6.45) is 0.854. The van der Waals surface area contributed by atoms with Gasteiger partial charge in [-0.15, -0.1) is 0 Å². The molecule has 0 aromatic heterocycles. The van der Waals surface area contributed by atoms with Crippen molar-refractivity contribution in [1.82, 2.24) is 0 Å². The smallest absolute Gasteiger partial charge is 0.308 e. The van der Waals surface area contributed by atoms with E-state index < -0.39 is 0 Å². The molecule has 48 valence electrons. The Bertz CT molecular complexity index is 78.6. The topological polar surface area (TPSA) is 26.3 Å². The molecule has 0 saturated carbocycles. The zero-order chi connectivity index (χ0) is 6.57. The van der Waals surface area contributed by atoms with Crippen molar-refractivity contribution in [2.75, 3.05) is 7.11 Å². The third kappa shape index (κ3) is 1.96. The second kappa shape index (κ2) is 3.47. The van der Waals surface area contributed by atoms with Crippen molar-refractivity contribution < 1.29 is 9.53 Å². The van der Waals surface area contributed by atoms with E-state index in [0.29, 0.717) is 0 Å². The van der Waals surface area contributed by atoms with Crippen molar-refractivity contribution in [3.05, 3.63) is 0 Å². The van der Waals surface area contributed by atoms with Crippen LogP contribution in [0.1, 0.15) is 20.3 Å². The van der Waals surface area contributed by atoms with Gasteiger partial charge in [-0.3, -0.25) is 4.79 Å². The molecule has 0 radical (unpaired) electrons. The van der Waals surface area contributed by atoms with E-state index in [9.17, 15) is 4.79 Å². The lowest BCUT2D eigenvalue weighted by Crippen LogP contribution is -2.10. The van der Waals surface area contributed by atoms with Crippen molar-refractivity contribution in [3.8, 4) is 0 Å². The minimum Gasteiger partial charge on any atom is -0.469 e. The number of hydrogen-bond donors (Lipinski definition) is 0. The zero-order valence-corrected chi connectivity index (χ0v) is 5.60. The molecule has 1 atom stereocenters. The third-order valence-electron chi connectivity index (χ3n) is 1.22. The molecule has 0 spiro atoms. The van der Waals surface area contributed by atoms with Crippen LogP contribution in [0.4, 0.5) is 0 Å². The third-order valence-corrected chi connectivity index (χ3v) is 1.22. The molecule has 0 aromatic carbocycles. The summed E-state index contributed by atoms with van der Waals surface area (Å²) < 4.78 is 4.46. The Morgan fingerprint density at radius 3 is 2.38 bits per heavy atom. The van der Waals surface area contributed by atoms with Gasteiger partial charge < -0.3 is 4.74 Å². The zero-order valence-electron chi connectivity index (χ0n) is 5.60. The van der Waals surface area contributed by atoms with Crippen LogP contribution in [0.5, 0.6) is 0 Å². The van der Waals surface area contributed by atoms with Crippen LogP contribution >= 0.6 is 0 Å². The van der Waals surface area contributed by atoms with Crippen molar-refractivity contribution >= 4 is 5.97 Å². The molecule has 8 heavy (non-hydrogen) atoms. The monoisotopic (exact) mass is 116 g/mol. The van der Waals surface area contributed by atoms with Gasteiger partial charge in [-0.05, 0) is 6.42 Å². The van der Waals surface area contributed by atoms with Crippen LogP contribution < -0.4 is 0 Å². The molecule has 0 aromatic rings. The fourth-order valence-corrected chi connectivity index (χ4v) is 0.368. The summed E-state index contributed by atoms with van der Waals surface area (Å²) in [6.45, 7) is 3.81. The summed E-state index contributed by atoms with van der Waals surface area (Å²) in [5, 5.41) is 0. The predicted octanol–water partition coefficient (Wildman–Crippen LogP) is 1.21. The van der Waals surface area contributed by atoms with E-state index in [1.54, 1.807) is 0 Å². The van der Waals surface area contributed by atoms with Gasteiger partial charge in [0.05, 0.1) is 13.0 Å². The first-order valence-electron chi connectivity index (χ1n) is 2.80. The summed E-state index contributed by atoms with van der Waals surface area (Å²) in [5.41, 5.74) is 0. The largest absolute Gasteiger partial charge is 0.469 e. The first-order valence-corrected chi connectivity index (χ1v) is 2.80. The lowest BCUT2D eigenvalue weighted by atomic mass is 10.1. The van der Waals surface area contributed by atoms with Crippen LogP contribution in [-0.2, 0) is 9.53 Å². The molecule has 0 aliphatic carbocycles. The minimum absolute atomic E-state index is 0.0556. The van der Waals surface area contributed by atoms with Crippen molar-refractivity contribution in [2.45, 2.75) is 20.3 Å². The van der Waals surface area contributed by atoms with Crippen LogP contribution in [0.15, 0.2) is 0 Å². The Balaban J connectivity index is 3.46. The molecule has 0 aliphatic heterocycles. The maximum absolute atomic E-state index is 10.5. The molecular weight excluding hydrogens is 104 g/mol. The van der Waals surface area contributed by atoms with Gasteiger partial charge in [0.15, 0.2) is 0 Å². The van der Waals surface area contributed by atoms with Crippen LogP contribution in [0.25, 0.3) is 0 Å². The van der Waals surface area contributed by atoms with Gasteiger partial charge in [-0.1, -0.05) is 13.8 Å². The van der Waals surface area contributed by atoms with Crippen LogP contribution in [-0.4, -0.2) is 13.1 Å². The van der Waals surface area contributed by atoms with Gasteiger partial charge in [0.2, 0.25) is 0 Å². The molecule has 0 saturated heterocycles. The van der Waals surface area contributed by atoms with Gasteiger partial charge in [0.25, 0.3) is 0 Å². The van der Waals surface area contributed by atoms with E-state index in [4.69, 9.17) is 0 Å². The molecule has 0 bridgehead atoms. The Morgan fingerprint density at radius 2 is 2.25 bits per heavy atom. The average molecular weight is 116 g/mol. The Hall–Kier alpha value is -0.530. The Kier molecular flexibility index (Phi) is 3.24. The summed E-state index contributed by atoms with van der Waals surface area (Å²) in [6, 6.07) is 0. The van der Waals surface area contributed by atoms with E-state index in [1.165, 1.54) is 7.11 Å². The van der Waals surface area contributed by atoms with E-state index in [2.05, 4.69) is 4.74 Å². The summed E-state index contributed by atoms with van der Waals surface area (Å²) in [5.74, 6) is -0.0625. The van der Waals surface area contributed by atoms with E-state index >= 15 is 0 Å². The first kappa shape index (κ1) is 7.47. The maximum Gasteiger partial charge on any atom is 0.308 e. The highest BCUT2D eigenvalue weighted by Gasteiger charge is 2.08. The van der Waals surface area contributed by atoms with Crippen LogP contribution in [0.2, 0.25) is 0 Å². The number of rotatable bonds is 2. The lowest BCUT2D eigenvalue weighted by Gasteiger charge is -2.02. The molecule has 0 unspecified atom stereocenters. The molecule has 2 nitrogen and oxygen atoms in total. The fourth-order valence-electron chi connectivity index (χ4n) is 0.368. The van der Waals surface area contributed by atoms with Crippen LogP contribution in [0, 0.1) is 5.92 Å². The highest BCUT2D eigenvalue weighted by Crippen LogP contribution is 2.00. The molecule has 0 N–H and O–H groups in total. The van der Waals surface area contributed by atoms with Crippen molar-refractivity contribution in [3.63, 3.8) is 0 Å². The number of methoxy groups -OCH3 is 1. The minimum atomic E-state index is -0.118. The molecule has 0 aliphatic rings. The van der Waals surface area contributed by atoms with Crippen molar-refractivity contribution in [2.24, 2.45) is 5.92 Å². The van der Waals surface area contributed by atoms with Gasteiger partial charge in [-0.25, -0.2) is 0 Å². The SMILES string of the molecule is CC[C@H](C)C(=O)OC. The number of carbonyl (C=O) groups is 1. The second-order valence-corrected chi connectivity index (χ2v) is 1.83. The van der Waals surface area contributed by atoms with Gasteiger partial charge >= 0.3 is 5.97 Å². The van der Waals surface area contributed by atoms with E-state index in [1.807, 2.05) is 13.8 Å². The molecular formula is C6H12O2. The van der Waals surface area contributed by atoms with Crippen LogP contribution in [0.3, 0.4) is 0 Å². The summed E-state index contributed by atoms with van der Waals surface area (Å²) in [7, 11) is 1.41. The molecule has 0 amide bonds. The average Bonchev–Trinajstić information content (AvgIpc) is 1.84. The number of esters is 1. The normalized spacial score (nSPS) is 12.9. The second-order valence-electron chi connectivity index (χ2n) is 1.83. The number of hydrogen-bond acceptors (Lipinski definition) is 2. The molecule has 0 fully saturated rings. The molecule has 0 heterocycles. The maximum atomic E-state index is 10.5. The first-order chi connectivity index (χ1) is 3.72. The number of carbonyl (C=O) groups excluding carboxylic acids is 1. The molecule has 2 heteroatoms. The quantitative estimate of drug-likeness (QED) is 0.507. The highest BCUT2D eigenvalue weighted by atomic mass is 16.5. The van der Waals surface area contributed by atoms with E-state index in [0.717, 1.165) is 6.42 Å². The van der Waals surface area contributed by atoms with Gasteiger partial charge in [0.1, 0.15) is 0 Å². The lowest BCUT2D eigenvalue weighted by molar-refractivity contribution is -0.144.